The SMILES string of the molecule is NS(=O)(=O)c1ccc(N2COc3ccc4c5c(c(=O)oc4c3C2)CCCC5)cc1. The first-order valence-corrected chi connectivity index (χ1v) is 11.1. The first-order valence-electron chi connectivity index (χ1n) is 9.53. The molecular weight excluding hydrogens is 392 g/mol. The number of primary sulfonamides is 1. The highest BCUT2D eigenvalue weighted by Crippen LogP contribution is 2.36. The van der Waals surface area contributed by atoms with Crippen LogP contribution in [0.5, 0.6) is 5.75 Å². The zero-order valence-electron chi connectivity index (χ0n) is 15.7. The van der Waals surface area contributed by atoms with Gasteiger partial charge in [0.15, 0.2) is 6.73 Å². The zero-order chi connectivity index (χ0) is 20.2. The molecule has 0 atom stereocenters. The van der Waals surface area contributed by atoms with Crippen LogP contribution in [0.3, 0.4) is 0 Å². The van der Waals surface area contributed by atoms with Crippen molar-refractivity contribution < 1.29 is 17.6 Å². The normalized spacial score (nSPS) is 16.2. The Morgan fingerprint density at radius 2 is 1.66 bits per heavy atom. The third-order valence-corrected chi connectivity index (χ3v) is 6.64. The number of aryl methyl sites for hydroxylation is 1. The zero-order valence-corrected chi connectivity index (χ0v) is 16.5. The first kappa shape index (κ1) is 18.2. The van der Waals surface area contributed by atoms with Crippen molar-refractivity contribution >= 4 is 26.7 Å². The molecule has 150 valence electrons. The molecular formula is C21H20N2O5S. The predicted molar refractivity (Wildman–Crippen MR) is 109 cm³/mol. The molecule has 1 aliphatic heterocycles. The van der Waals surface area contributed by atoms with Gasteiger partial charge in [-0.1, -0.05) is 0 Å². The van der Waals surface area contributed by atoms with Crippen LogP contribution in [-0.4, -0.2) is 15.1 Å². The standard InChI is InChI=1S/C21H20N2O5S/c22-29(25,26)14-7-5-13(6-8-14)23-11-18-19(27-12-23)10-9-16-15-3-1-2-4-17(15)21(24)28-20(16)18/h5-10H,1-4,11-12H2,(H2,22,25,26). The van der Waals surface area contributed by atoms with Crippen LogP contribution in [0.1, 0.15) is 29.5 Å². The Labute approximate surface area is 167 Å². The minimum Gasteiger partial charge on any atom is -0.473 e. The van der Waals surface area contributed by atoms with Gasteiger partial charge in [0, 0.05) is 16.6 Å². The molecule has 2 aliphatic rings. The average molecular weight is 412 g/mol. The van der Waals surface area contributed by atoms with Crippen molar-refractivity contribution in [2.75, 3.05) is 11.6 Å². The van der Waals surface area contributed by atoms with Crippen LogP contribution in [0.2, 0.25) is 0 Å². The predicted octanol–water partition coefficient (Wildman–Crippen LogP) is 2.68. The molecule has 0 spiro atoms. The second-order valence-electron chi connectivity index (χ2n) is 7.48. The van der Waals surface area contributed by atoms with Crippen LogP contribution >= 0.6 is 0 Å². The maximum Gasteiger partial charge on any atom is 0.339 e. The smallest absolute Gasteiger partial charge is 0.339 e. The number of sulfonamides is 1. The summed E-state index contributed by atoms with van der Waals surface area (Å²) in [5, 5.41) is 6.15. The van der Waals surface area contributed by atoms with Gasteiger partial charge in [0.1, 0.15) is 11.3 Å². The molecule has 0 saturated heterocycles. The minimum atomic E-state index is -3.74. The van der Waals surface area contributed by atoms with E-state index in [4.69, 9.17) is 14.3 Å². The van der Waals surface area contributed by atoms with Gasteiger partial charge in [-0.2, -0.15) is 0 Å². The lowest BCUT2D eigenvalue weighted by molar-refractivity contribution is 0.289. The molecule has 2 aromatic carbocycles. The molecule has 7 nitrogen and oxygen atoms in total. The van der Waals surface area contributed by atoms with E-state index in [-0.39, 0.29) is 10.5 Å². The average Bonchev–Trinajstić information content (AvgIpc) is 2.73. The Morgan fingerprint density at radius 1 is 0.931 bits per heavy atom. The molecule has 2 heterocycles. The Bertz CT molecular complexity index is 1280. The molecule has 0 radical (unpaired) electrons. The van der Waals surface area contributed by atoms with Crippen LogP contribution in [-0.2, 0) is 29.4 Å². The first-order chi connectivity index (χ1) is 13.9. The Kier molecular flexibility index (Phi) is 4.15. The van der Waals surface area contributed by atoms with Gasteiger partial charge in [-0.05, 0) is 67.6 Å². The summed E-state index contributed by atoms with van der Waals surface area (Å²) in [5.74, 6) is 0.703. The summed E-state index contributed by atoms with van der Waals surface area (Å²) in [4.78, 5) is 14.6. The fraction of sp³-hybridized carbons (Fsp3) is 0.286. The molecule has 2 N–H and O–H groups in total. The lowest BCUT2D eigenvalue weighted by Gasteiger charge is -2.31. The number of nitrogens with zero attached hydrogens (tertiary/aromatic N) is 1. The number of anilines is 1. The van der Waals surface area contributed by atoms with Crippen molar-refractivity contribution in [2.45, 2.75) is 37.1 Å². The summed E-state index contributed by atoms with van der Waals surface area (Å²) in [6.07, 6.45) is 3.74. The number of benzene rings is 2. The van der Waals surface area contributed by atoms with Crippen molar-refractivity contribution in [3.8, 4) is 5.75 Å². The van der Waals surface area contributed by atoms with Gasteiger partial charge in [0.25, 0.3) is 0 Å². The summed E-state index contributed by atoms with van der Waals surface area (Å²) in [6.45, 7) is 0.797. The summed E-state index contributed by atoms with van der Waals surface area (Å²) in [5.41, 5.74) is 3.85. The maximum atomic E-state index is 12.6. The molecule has 0 amide bonds. The largest absolute Gasteiger partial charge is 0.473 e. The summed E-state index contributed by atoms with van der Waals surface area (Å²) in [7, 11) is -3.74. The van der Waals surface area contributed by atoms with Crippen molar-refractivity contribution in [1.82, 2.24) is 0 Å². The van der Waals surface area contributed by atoms with E-state index in [1.165, 1.54) is 12.1 Å². The molecule has 0 unspecified atom stereocenters. The van der Waals surface area contributed by atoms with Crippen molar-refractivity contribution in [2.24, 2.45) is 5.14 Å². The summed E-state index contributed by atoms with van der Waals surface area (Å²) < 4.78 is 34.6. The van der Waals surface area contributed by atoms with Crippen LogP contribution in [0, 0.1) is 0 Å². The third-order valence-electron chi connectivity index (χ3n) is 5.71. The van der Waals surface area contributed by atoms with E-state index >= 15 is 0 Å². The van der Waals surface area contributed by atoms with Crippen LogP contribution in [0.4, 0.5) is 5.69 Å². The van der Waals surface area contributed by atoms with Gasteiger partial charge < -0.3 is 14.1 Å². The van der Waals surface area contributed by atoms with Gasteiger partial charge in [-0.3, -0.25) is 0 Å². The van der Waals surface area contributed by atoms with E-state index in [2.05, 4.69) is 0 Å². The molecule has 3 aromatic rings. The van der Waals surface area contributed by atoms with E-state index in [0.29, 0.717) is 24.6 Å². The molecule has 8 heteroatoms. The number of rotatable bonds is 2. The quantitative estimate of drug-likeness (QED) is 0.649. The Hall–Kier alpha value is -2.84. The lowest BCUT2D eigenvalue weighted by Crippen LogP contribution is -2.32. The second-order valence-corrected chi connectivity index (χ2v) is 9.04. The minimum absolute atomic E-state index is 0.0580. The highest BCUT2D eigenvalue weighted by molar-refractivity contribution is 7.89. The Morgan fingerprint density at radius 3 is 2.38 bits per heavy atom. The highest BCUT2D eigenvalue weighted by Gasteiger charge is 2.25. The van der Waals surface area contributed by atoms with E-state index < -0.39 is 10.0 Å². The monoisotopic (exact) mass is 412 g/mol. The second kappa shape index (κ2) is 6.60. The molecule has 0 fully saturated rings. The molecule has 1 aromatic heterocycles. The Balaban J connectivity index is 1.57. The fourth-order valence-electron chi connectivity index (χ4n) is 4.23. The van der Waals surface area contributed by atoms with Gasteiger partial charge in [-0.25, -0.2) is 18.4 Å². The fourth-order valence-corrected chi connectivity index (χ4v) is 4.74. The number of nitrogens with two attached hydrogens (primary N) is 1. The van der Waals surface area contributed by atoms with Crippen LogP contribution in [0.15, 0.2) is 50.5 Å². The third kappa shape index (κ3) is 3.08. The number of fused-ring (bicyclic) bond motifs is 5. The number of ether oxygens (including phenoxy) is 1. The summed E-state index contributed by atoms with van der Waals surface area (Å²) >= 11 is 0. The van der Waals surface area contributed by atoms with Gasteiger partial charge in [-0.15, -0.1) is 0 Å². The van der Waals surface area contributed by atoms with E-state index in [1.54, 1.807) is 12.1 Å². The molecule has 1 aliphatic carbocycles. The number of hydrogen-bond acceptors (Lipinski definition) is 6. The molecule has 0 bridgehead atoms. The number of hydrogen-bond donors (Lipinski definition) is 1. The highest BCUT2D eigenvalue weighted by atomic mass is 32.2. The molecule has 29 heavy (non-hydrogen) atoms. The van der Waals surface area contributed by atoms with Gasteiger partial charge >= 0.3 is 5.63 Å². The molecule has 0 saturated carbocycles. The van der Waals surface area contributed by atoms with Gasteiger partial charge in [0.2, 0.25) is 10.0 Å². The maximum absolute atomic E-state index is 12.6. The van der Waals surface area contributed by atoms with E-state index in [0.717, 1.165) is 53.4 Å². The van der Waals surface area contributed by atoms with Gasteiger partial charge in [0.05, 0.1) is 17.0 Å². The van der Waals surface area contributed by atoms with Crippen molar-refractivity contribution in [3.05, 3.63) is 63.5 Å². The van der Waals surface area contributed by atoms with Crippen LogP contribution in [0.25, 0.3) is 11.0 Å². The molecule has 5 rings (SSSR count). The van der Waals surface area contributed by atoms with Crippen molar-refractivity contribution in [3.63, 3.8) is 0 Å². The summed E-state index contributed by atoms with van der Waals surface area (Å²) in [6, 6.07) is 10.2. The van der Waals surface area contributed by atoms with Crippen LogP contribution < -0.4 is 20.4 Å². The van der Waals surface area contributed by atoms with E-state index in [1.807, 2.05) is 17.0 Å². The van der Waals surface area contributed by atoms with E-state index in [9.17, 15) is 13.2 Å². The topological polar surface area (TPSA) is 103 Å². The van der Waals surface area contributed by atoms with Crippen molar-refractivity contribution in [1.29, 1.82) is 0 Å². The lowest BCUT2D eigenvalue weighted by atomic mass is 9.90.